The molecule has 0 radical (unpaired) electrons. The van der Waals surface area contributed by atoms with Gasteiger partial charge in [0, 0.05) is 15.8 Å². The number of carbonyl (C=O) groups is 2. The van der Waals surface area contributed by atoms with Crippen molar-refractivity contribution >= 4 is 39.1 Å². The van der Waals surface area contributed by atoms with E-state index in [4.69, 9.17) is 5.26 Å². The van der Waals surface area contributed by atoms with E-state index in [0.29, 0.717) is 16.9 Å². The molecule has 2 rings (SSSR count). The van der Waals surface area contributed by atoms with Gasteiger partial charge in [-0.05, 0) is 48.9 Å². The third-order valence-corrected chi connectivity index (χ3v) is 3.93. The zero-order valence-electron chi connectivity index (χ0n) is 12.4. The smallest absolute Gasteiger partial charge is 0.233 e. The van der Waals surface area contributed by atoms with Gasteiger partial charge < -0.3 is 10.6 Å². The van der Waals surface area contributed by atoms with Gasteiger partial charge in [0.25, 0.3) is 0 Å². The van der Waals surface area contributed by atoms with E-state index in [-0.39, 0.29) is 6.42 Å². The van der Waals surface area contributed by atoms with E-state index in [1.54, 1.807) is 30.3 Å². The van der Waals surface area contributed by atoms with Crippen LogP contribution in [0.4, 0.5) is 11.4 Å². The number of anilines is 2. The van der Waals surface area contributed by atoms with E-state index in [9.17, 15) is 9.59 Å². The molecular formula is C17H14BrN3O2. The van der Waals surface area contributed by atoms with Crippen LogP contribution in [0.5, 0.6) is 0 Å². The number of amides is 2. The lowest BCUT2D eigenvalue weighted by molar-refractivity contribution is -0.123. The third-order valence-electron chi connectivity index (χ3n) is 3.04. The maximum Gasteiger partial charge on any atom is 0.233 e. The second kappa shape index (κ2) is 7.56. The van der Waals surface area contributed by atoms with E-state index in [0.717, 1.165) is 10.0 Å². The van der Waals surface area contributed by atoms with Crippen LogP contribution in [-0.2, 0) is 9.59 Å². The Morgan fingerprint density at radius 3 is 2.35 bits per heavy atom. The number of nitrogens with one attached hydrogen (secondary N) is 2. The van der Waals surface area contributed by atoms with Gasteiger partial charge in [0.15, 0.2) is 0 Å². The molecule has 2 aromatic rings. The molecule has 2 aromatic carbocycles. The largest absolute Gasteiger partial charge is 0.326 e. The molecule has 0 aromatic heterocycles. The number of halogens is 1. The zero-order valence-corrected chi connectivity index (χ0v) is 14.0. The van der Waals surface area contributed by atoms with E-state index in [1.165, 1.54) is 0 Å². The molecule has 0 aliphatic heterocycles. The van der Waals surface area contributed by atoms with Crippen molar-refractivity contribution in [1.82, 2.24) is 0 Å². The van der Waals surface area contributed by atoms with Crippen LogP contribution in [0, 0.1) is 18.3 Å². The fourth-order valence-electron chi connectivity index (χ4n) is 1.95. The van der Waals surface area contributed by atoms with Crippen LogP contribution in [0.3, 0.4) is 0 Å². The van der Waals surface area contributed by atoms with E-state index >= 15 is 0 Å². The molecule has 0 heterocycles. The summed E-state index contributed by atoms with van der Waals surface area (Å²) in [6.07, 6.45) is -0.300. The van der Waals surface area contributed by atoms with Crippen LogP contribution in [0.1, 0.15) is 17.5 Å². The van der Waals surface area contributed by atoms with Crippen LogP contribution in [0.2, 0.25) is 0 Å². The Bertz CT molecular complexity index is 797. The molecule has 6 heteroatoms. The lowest BCUT2D eigenvalue weighted by Gasteiger charge is -2.08. The summed E-state index contributed by atoms with van der Waals surface area (Å²) in [7, 11) is 0. The van der Waals surface area contributed by atoms with Crippen LogP contribution in [0.25, 0.3) is 0 Å². The first-order chi connectivity index (χ1) is 11.0. The first kappa shape index (κ1) is 16.7. The summed E-state index contributed by atoms with van der Waals surface area (Å²) >= 11 is 3.38. The topological polar surface area (TPSA) is 82.0 Å². The van der Waals surface area contributed by atoms with Gasteiger partial charge in [-0.1, -0.05) is 22.0 Å². The van der Waals surface area contributed by atoms with Crippen molar-refractivity contribution in [1.29, 1.82) is 5.26 Å². The highest BCUT2D eigenvalue weighted by Crippen LogP contribution is 2.20. The van der Waals surface area contributed by atoms with Crippen molar-refractivity contribution in [2.75, 3.05) is 10.6 Å². The molecule has 0 bridgehead atoms. The first-order valence-electron chi connectivity index (χ1n) is 6.84. The second-order valence-corrected chi connectivity index (χ2v) is 5.78. The van der Waals surface area contributed by atoms with Gasteiger partial charge in [0.1, 0.15) is 6.42 Å². The minimum atomic E-state index is -0.438. The van der Waals surface area contributed by atoms with Gasteiger partial charge in [0.2, 0.25) is 11.8 Å². The molecule has 2 amide bonds. The van der Waals surface area contributed by atoms with E-state index < -0.39 is 11.8 Å². The molecule has 23 heavy (non-hydrogen) atoms. The normalized spacial score (nSPS) is 9.78. The molecule has 0 unspecified atom stereocenters. The summed E-state index contributed by atoms with van der Waals surface area (Å²) in [6.45, 7) is 1.91. The third kappa shape index (κ3) is 4.94. The number of rotatable bonds is 4. The van der Waals surface area contributed by atoms with Crippen molar-refractivity contribution in [3.8, 4) is 6.07 Å². The molecule has 0 spiro atoms. The molecule has 116 valence electrons. The highest BCUT2D eigenvalue weighted by Gasteiger charge is 2.10. The predicted molar refractivity (Wildman–Crippen MR) is 91.9 cm³/mol. The Morgan fingerprint density at radius 2 is 1.74 bits per heavy atom. The number of hydrogen-bond acceptors (Lipinski definition) is 3. The van der Waals surface area contributed by atoms with Crippen LogP contribution >= 0.6 is 15.9 Å². The van der Waals surface area contributed by atoms with Gasteiger partial charge in [-0.3, -0.25) is 9.59 Å². The standard InChI is InChI=1S/C17H14BrN3O2/c1-11-7-14(5-6-15(11)18)21-17(23)9-16(22)20-13-4-2-3-12(8-13)10-19/h2-8H,9H2,1H3,(H,20,22)(H,21,23). The molecule has 0 aliphatic rings. The average molecular weight is 372 g/mol. The van der Waals surface area contributed by atoms with Gasteiger partial charge in [0.05, 0.1) is 11.6 Å². The Kier molecular flexibility index (Phi) is 5.50. The minimum Gasteiger partial charge on any atom is -0.326 e. The molecule has 0 fully saturated rings. The molecule has 5 nitrogen and oxygen atoms in total. The van der Waals surface area contributed by atoms with Crippen molar-refractivity contribution in [3.63, 3.8) is 0 Å². The number of benzene rings is 2. The average Bonchev–Trinajstić information content (AvgIpc) is 2.51. The monoisotopic (exact) mass is 371 g/mol. The predicted octanol–water partition coefficient (Wildman–Crippen LogP) is 3.60. The van der Waals surface area contributed by atoms with Crippen LogP contribution < -0.4 is 10.6 Å². The highest BCUT2D eigenvalue weighted by atomic mass is 79.9. The lowest BCUT2D eigenvalue weighted by atomic mass is 10.2. The summed E-state index contributed by atoms with van der Waals surface area (Å²) in [5.74, 6) is -0.841. The van der Waals surface area contributed by atoms with Crippen LogP contribution in [0.15, 0.2) is 46.9 Å². The number of aryl methyl sites for hydroxylation is 1. The lowest BCUT2D eigenvalue weighted by Crippen LogP contribution is -2.21. The maximum absolute atomic E-state index is 11.9. The van der Waals surface area contributed by atoms with Crippen molar-refractivity contribution in [3.05, 3.63) is 58.1 Å². The molecule has 0 atom stereocenters. The molecular weight excluding hydrogens is 358 g/mol. The summed E-state index contributed by atoms with van der Waals surface area (Å²) in [5.41, 5.74) is 2.55. The summed E-state index contributed by atoms with van der Waals surface area (Å²) < 4.78 is 0.950. The van der Waals surface area contributed by atoms with E-state index in [2.05, 4.69) is 26.6 Å². The highest BCUT2D eigenvalue weighted by molar-refractivity contribution is 9.10. The number of nitrogens with zero attached hydrogens (tertiary/aromatic N) is 1. The SMILES string of the molecule is Cc1cc(NC(=O)CC(=O)Nc2cccc(C#N)c2)ccc1Br. The second-order valence-electron chi connectivity index (χ2n) is 4.93. The number of carbonyl (C=O) groups excluding carboxylic acids is 2. The van der Waals surface area contributed by atoms with Gasteiger partial charge in [-0.15, -0.1) is 0 Å². The van der Waals surface area contributed by atoms with E-state index in [1.807, 2.05) is 25.1 Å². The fourth-order valence-corrected chi connectivity index (χ4v) is 2.19. The van der Waals surface area contributed by atoms with Crippen molar-refractivity contribution in [2.24, 2.45) is 0 Å². The van der Waals surface area contributed by atoms with Crippen molar-refractivity contribution < 1.29 is 9.59 Å². The van der Waals surface area contributed by atoms with Crippen LogP contribution in [-0.4, -0.2) is 11.8 Å². The summed E-state index contributed by atoms with van der Waals surface area (Å²) in [6, 6.07) is 13.9. The number of nitriles is 1. The fraction of sp³-hybridized carbons (Fsp3) is 0.118. The Balaban J connectivity index is 1.93. The quantitative estimate of drug-likeness (QED) is 0.805. The first-order valence-corrected chi connectivity index (χ1v) is 7.63. The van der Waals surface area contributed by atoms with Crippen molar-refractivity contribution in [2.45, 2.75) is 13.3 Å². The molecule has 0 saturated carbocycles. The molecule has 2 N–H and O–H groups in total. The molecule has 0 saturated heterocycles. The van der Waals surface area contributed by atoms with Gasteiger partial charge in [-0.2, -0.15) is 5.26 Å². The minimum absolute atomic E-state index is 0.300. The number of hydrogen-bond donors (Lipinski definition) is 2. The zero-order chi connectivity index (χ0) is 16.8. The van der Waals surface area contributed by atoms with Gasteiger partial charge >= 0.3 is 0 Å². The Labute approximate surface area is 142 Å². The Hall–Kier alpha value is -2.65. The molecule has 0 aliphatic carbocycles. The van der Waals surface area contributed by atoms with Gasteiger partial charge in [-0.25, -0.2) is 0 Å². The maximum atomic E-state index is 11.9. The Morgan fingerprint density at radius 1 is 1.09 bits per heavy atom. The summed E-state index contributed by atoms with van der Waals surface area (Å²) in [5, 5.41) is 14.1. The summed E-state index contributed by atoms with van der Waals surface area (Å²) in [4.78, 5) is 23.8.